The van der Waals surface area contributed by atoms with E-state index in [0.29, 0.717) is 6.42 Å². The Labute approximate surface area is 126 Å². The minimum atomic E-state index is -2.84. The predicted molar refractivity (Wildman–Crippen MR) is 71.8 cm³/mol. The van der Waals surface area contributed by atoms with Gasteiger partial charge < -0.3 is 20.3 Å². The van der Waals surface area contributed by atoms with Gasteiger partial charge in [-0.3, -0.25) is 9.89 Å². The molecule has 11 heteroatoms. The lowest BCUT2D eigenvalue weighted by molar-refractivity contribution is -0.0638. The second-order valence-electron chi connectivity index (χ2n) is 5.08. The molecule has 3 rings (SSSR count). The summed E-state index contributed by atoms with van der Waals surface area (Å²) in [7, 11) is -2.84. The topological polar surface area (TPSA) is 141 Å². The zero-order valence-corrected chi connectivity index (χ0v) is 12.2. The van der Waals surface area contributed by atoms with Gasteiger partial charge in [0.25, 0.3) is 0 Å². The average molecular weight is 332 g/mol. The number of aliphatic hydroxyl groups is 2. The van der Waals surface area contributed by atoms with Crippen LogP contribution in [0.5, 0.6) is 0 Å². The Bertz CT molecular complexity index is 554. The minimum Gasteiger partial charge on any atom is -0.387 e. The molecule has 3 heterocycles. The van der Waals surface area contributed by atoms with Crippen molar-refractivity contribution in [1.29, 1.82) is 0 Å². The van der Waals surface area contributed by atoms with Crippen molar-refractivity contribution in [3.8, 4) is 0 Å². The fraction of sp³-hybridized carbons (Fsp3) is 0.636. The highest BCUT2D eigenvalue weighted by atomic mass is 31.1. The number of aliphatic hydroxyl groups excluding tert-OH is 2. The summed E-state index contributed by atoms with van der Waals surface area (Å²) in [5.74, 6) is 0. The van der Waals surface area contributed by atoms with Crippen molar-refractivity contribution >= 4 is 20.5 Å². The van der Waals surface area contributed by atoms with Crippen LogP contribution in [0.2, 0.25) is 0 Å². The van der Waals surface area contributed by atoms with Crippen LogP contribution in [-0.2, 0) is 13.8 Å². The molecule has 1 fully saturated rings. The van der Waals surface area contributed by atoms with Gasteiger partial charge in [-0.1, -0.05) is 0 Å². The lowest BCUT2D eigenvalue weighted by Gasteiger charge is -2.32. The SMILES string of the molecule is O=C1NC2N=CCC2=CN1C1OC(CO[P+](=O)O)C(O)C1O. The van der Waals surface area contributed by atoms with Crippen molar-refractivity contribution in [3.63, 3.8) is 0 Å². The predicted octanol–water partition coefficient (Wildman–Crippen LogP) is -1.19. The van der Waals surface area contributed by atoms with Gasteiger partial charge in [0.1, 0.15) is 31.1 Å². The van der Waals surface area contributed by atoms with Crippen LogP contribution in [0.3, 0.4) is 0 Å². The van der Waals surface area contributed by atoms with Crippen LogP contribution in [0.4, 0.5) is 4.79 Å². The molecule has 2 amide bonds. The molecule has 0 aromatic heterocycles. The quantitative estimate of drug-likeness (QED) is 0.474. The second-order valence-corrected chi connectivity index (χ2v) is 5.81. The standard InChI is InChI=1S/C11H14N3O7P/c15-7-6(4-20-22(18)19)21-10(8(7)16)14-3-5-1-2-12-9(5)13-11(14)17/h2-3,6-10,15-16H,1,4H2,(H-,13,17,18,19)/p+1. The van der Waals surface area contributed by atoms with E-state index in [1.807, 2.05) is 0 Å². The number of nitrogens with zero attached hydrogens (tertiary/aromatic N) is 2. The maximum Gasteiger partial charge on any atom is 0.694 e. The van der Waals surface area contributed by atoms with Crippen molar-refractivity contribution in [2.24, 2.45) is 4.99 Å². The molecule has 3 aliphatic rings. The van der Waals surface area contributed by atoms with Gasteiger partial charge in [-0.25, -0.2) is 4.79 Å². The first-order valence-corrected chi connectivity index (χ1v) is 7.72. The van der Waals surface area contributed by atoms with Crippen LogP contribution in [0.15, 0.2) is 16.8 Å². The van der Waals surface area contributed by atoms with Crippen LogP contribution in [0.25, 0.3) is 0 Å². The van der Waals surface area contributed by atoms with Gasteiger partial charge in [-0.15, -0.1) is 9.42 Å². The monoisotopic (exact) mass is 332 g/mol. The van der Waals surface area contributed by atoms with Crippen molar-refractivity contribution < 1.29 is 33.7 Å². The molecule has 0 radical (unpaired) electrons. The van der Waals surface area contributed by atoms with Gasteiger partial charge in [0.2, 0.25) is 0 Å². The Morgan fingerprint density at radius 2 is 2.27 bits per heavy atom. The average Bonchev–Trinajstić information content (AvgIpc) is 3.02. The van der Waals surface area contributed by atoms with Gasteiger partial charge in [-0.2, -0.15) is 0 Å². The molecule has 0 aromatic rings. The number of ether oxygens (including phenoxy) is 1. The van der Waals surface area contributed by atoms with Crippen LogP contribution >= 0.6 is 8.25 Å². The highest BCUT2D eigenvalue weighted by Gasteiger charge is 2.48. The summed E-state index contributed by atoms with van der Waals surface area (Å²) in [6, 6.07) is -0.515. The molecule has 1 saturated heterocycles. The number of hydrogen-bond acceptors (Lipinski definition) is 7. The van der Waals surface area contributed by atoms with E-state index in [1.165, 1.54) is 6.20 Å². The Hall–Kier alpha value is -1.42. The molecule has 0 aromatic carbocycles. The third-order valence-corrected chi connectivity index (χ3v) is 4.06. The van der Waals surface area contributed by atoms with Gasteiger partial charge in [0.05, 0.1) is 0 Å². The number of carbonyl (C=O) groups is 1. The molecule has 10 nitrogen and oxygen atoms in total. The molecule has 6 atom stereocenters. The molecular formula is C11H15N3O7P+. The Morgan fingerprint density at radius 1 is 1.50 bits per heavy atom. The smallest absolute Gasteiger partial charge is 0.387 e. The molecule has 120 valence electrons. The third-order valence-electron chi connectivity index (χ3n) is 3.69. The summed E-state index contributed by atoms with van der Waals surface area (Å²) >= 11 is 0. The van der Waals surface area contributed by atoms with E-state index < -0.39 is 45.0 Å². The summed E-state index contributed by atoms with van der Waals surface area (Å²) < 4.78 is 20.4. The number of nitrogens with one attached hydrogen (secondary N) is 1. The maximum absolute atomic E-state index is 12.1. The molecule has 4 N–H and O–H groups in total. The van der Waals surface area contributed by atoms with Crippen LogP contribution < -0.4 is 5.32 Å². The number of fused-ring (bicyclic) bond motifs is 1. The van der Waals surface area contributed by atoms with E-state index in [4.69, 9.17) is 9.63 Å². The minimum absolute atomic E-state index is 0.377. The number of carbonyl (C=O) groups excluding carboxylic acids is 1. The second kappa shape index (κ2) is 5.99. The first-order valence-electron chi connectivity index (χ1n) is 6.59. The molecule has 3 aliphatic heterocycles. The van der Waals surface area contributed by atoms with Gasteiger partial charge in [0, 0.05) is 23.4 Å². The van der Waals surface area contributed by atoms with Crippen LogP contribution in [0.1, 0.15) is 6.42 Å². The largest absolute Gasteiger partial charge is 0.694 e. The first-order chi connectivity index (χ1) is 10.5. The summed E-state index contributed by atoms with van der Waals surface area (Å²) in [6.07, 6.45) is -1.46. The van der Waals surface area contributed by atoms with E-state index in [9.17, 15) is 19.6 Å². The van der Waals surface area contributed by atoms with Crippen LogP contribution in [0, 0.1) is 0 Å². The van der Waals surface area contributed by atoms with Gasteiger partial charge >= 0.3 is 14.3 Å². The summed E-state index contributed by atoms with van der Waals surface area (Å²) in [6.45, 7) is -0.377. The lowest BCUT2D eigenvalue weighted by Crippen LogP contribution is -2.53. The highest BCUT2D eigenvalue weighted by Crippen LogP contribution is 2.30. The van der Waals surface area contributed by atoms with Crippen molar-refractivity contribution in [2.75, 3.05) is 6.61 Å². The fourth-order valence-corrected chi connectivity index (χ4v) is 2.85. The molecule has 22 heavy (non-hydrogen) atoms. The molecule has 6 unspecified atom stereocenters. The zero-order valence-electron chi connectivity index (χ0n) is 11.3. The zero-order chi connectivity index (χ0) is 15.9. The lowest BCUT2D eigenvalue weighted by atomic mass is 10.1. The summed E-state index contributed by atoms with van der Waals surface area (Å²) in [4.78, 5) is 25.9. The Kier molecular flexibility index (Phi) is 4.22. The number of hydrogen-bond donors (Lipinski definition) is 4. The highest BCUT2D eigenvalue weighted by molar-refractivity contribution is 7.32. The number of urea groups is 1. The Balaban J connectivity index is 1.73. The summed E-state index contributed by atoms with van der Waals surface area (Å²) in [5, 5.41) is 22.6. The van der Waals surface area contributed by atoms with E-state index in [-0.39, 0.29) is 6.61 Å². The van der Waals surface area contributed by atoms with E-state index in [2.05, 4.69) is 14.8 Å². The molecule has 0 saturated carbocycles. The van der Waals surface area contributed by atoms with E-state index in [1.54, 1.807) is 6.21 Å². The number of aliphatic imine (C=N–C) groups is 1. The molecule has 0 aliphatic carbocycles. The van der Waals surface area contributed by atoms with Gasteiger partial charge in [-0.05, 0) is 5.57 Å². The number of rotatable bonds is 4. The fourth-order valence-electron chi connectivity index (χ4n) is 2.58. The first kappa shape index (κ1) is 15.5. The van der Waals surface area contributed by atoms with Crippen LogP contribution in [-0.4, -0.2) is 69.6 Å². The molecular weight excluding hydrogens is 317 g/mol. The molecule has 0 bridgehead atoms. The Morgan fingerprint density at radius 3 is 3.00 bits per heavy atom. The third kappa shape index (κ3) is 2.76. The van der Waals surface area contributed by atoms with Crippen molar-refractivity contribution in [2.45, 2.75) is 37.1 Å². The number of amides is 2. The summed E-state index contributed by atoms with van der Waals surface area (Å²) in [5.41, 5.74) is 0.836. The molecule has 0 spiro atoms. The maximum atomic E-state index is 12.1. The van der Waals surface area contributed by atoms with Crippen molar-refractivity contribution in [3.05, 3.63) is 11.8 Å². The normalized spacial score (nSPS) is 37.9. The van der Waals surface area contributed by atoms with Crippen molar-refractivity contribution in [1.82, 2.24) is 10.2 Å². The van der Waals surface area contributed by atoms with Gasteiger partial charge in [0.15, 0.2) is 6.23 Å². The van der Waals surface area contributed by atoms with E-state index >= 15 is 0 Å². The van der Waals surface area contributed by atoms with E-state index in [0.717, 1.165) is 10.5 Å².